The standard InChI is InChI=1S/C30H32N2O4/c1-35-27-13-7-22(8-14-27)10-16-29(33)31-17-18-36-28-15-9-23(19-25(28)21-31)20-32(30(34)24-11-12-24)26-5-3-2-4-6-26/h2-9,13-15,19,24H,10-12,16-18,20-21H2,1H3. The molecule has 186 valence electrons. The smallest absolute Gasteiger partial charge is 0.230 e. The highest BCUT2D eigenvalue weighted by molar-refractivity contribution is 5.96. The van der Waals surface area contributed by atoms with Crippen molar-refractivity contribution < 1.29 is 19.1 Å². The first-order valence-electron chi connectivity index (χ1n) is 12.6. The molecule has 6 nitrogen and oxygen atoms in total. The molecule has 0 radical (unpaired) electrons. The number of hydrogen-bond donors (Lipinski definition) is 0. The van der Waals surface area contributed by atoms with Crippen molar-refractivity contribution in [3.8, 4) is 11.5 Å². The van der Waals surface area contributed by atoms with Gasteiger partial charge in [0.15, 0.2) is 0 Å². The lowest BCUT2D eigenvalue weighted by molar-refractivity contribution is -0.131. The monoisotopic (exact) mass is 484 g/mol. The second kappa shape index (κ2) is 10.9. The molecule has 1 saturated carbocycles. The number of benzene rings is 3. The van der Waals surface area contributed by atoms with Crippen LogP contribution in [0.25, 0.3) is 0 Å². The molecular formula is C30H32N2O4. The summed E-state index contributed by atoms with van der Waals surface area (Å²) in [7, 11) is 1.65. The molecule has 5 rings (SSSR count). The number of carbonyl (C=O) groups is 2. The number of fused-ring (bicyclic) bond motifs is 1. The molecule has 0 bridgehead atoms. The van der Waals surface area contributed by atoms with E-state index in [1.807, 2.05) is 76.5 Å². The van der Waals surface area contributed by atoms with E-state index >= 15 is 0 Å². The van der Waals surface area contributed by atoms with Crippen molar-refractivity contribution in [2.75, 3.05) is 25.2 Å². The molecule has 0 aromatic heterocycles. The Balaban J connectivity index is 1.28. The molecule has 2 amide bonds. The Hall–Kier alpha value is -3.80. The summed E-state index contributed by atoms with van der Waals surface area (Å²) in [6.45, 7) is 2.03. The lowest BCUT2D eigenvalue weighted by Gasteiger charge is -2.24. The molecule has 1 aliphatic heterocycles. The topological polar surface area (TPSA) is 59.1 Å². The van der Waals surface area contributed by atoms with Crippen LogP contribution in [0.4, 0.5) is 5.69 Å². The largest absolute Gasteiger partial charge is 0.497 e. The lowest BCUT2D eigenvalue weighted by Crippen LogP contribution is -2.33. The third kappa shape index (κ3) is 5.70. The number of methoxy groups -OCH3 is 1. The average molecular weight is 485 g/mol. The molecule has 3 aromatic carbocycles. The molecule has 1 aliphatic carbocycles. The summed E-state index contributed by atoms with van der Waals surface area (Å²) >= 11 is 0. The van der Waals surface area contributed by atoms with Crippen LogP contribution in [0.3, 0.4) is 0 Å². The van der Waals surface area contributed by atoms with E-state index in [1.165, 1.54) is 0 Å². The Morgan fingerprint density at radius 3 is 2.47 bits per heavy atom. The first kappa shape index (κ1) is 23.9. The number of ether oxygens (including phenoxy) is 2. The van der Waals surface area contributed by atoms with Gasteiger partial charge in [-0.05, 0) is 66.8 Å². The van der Waals surface area contributed by atoms with Crippen LogP contribution in [0, 0.1) is 5.92 Å². The van der Waals surface area contributed by atoms with Gasteiger partial charge in [0.05, 0.1) is 20.2 Å². The van der Waals surface area contributed by atoms with E-state index in [-0.39, 0.29) is 17.7 Å². The summed E-state index contributed by atoms with van der Waals surface area (Å²) in [5.41, 5.74) is 4.03. The van der Waals surface area contributed by atoms with Gasteiger partial charge in [-0.1, -0.05) is 36.4 Å². The Morgan fingerprint density at radius 1 is 1.00 bits per heavy atom. The molecular weight excluding hydrogens is 452 g/mol. The van der Waals surface area contributed by atoms with Crippen molar-refractivity contribution in [1.82, 2.24) is 4.90 Å². The van der Waals surface area contributed by atoms with Crippen molar-refractivity contribution in [2.24, 2.45) is 5.92 Å². The molecule has 0 atom stereocenters. The van der Waals surface area contributed by atoms with Gasteiger partial charge in [-0.2, -0.15) is 0 Å². The van der Waals surface area contributed by atoms with E-state index in [0.29, 0.717) is 39.1 Å². The van der Waals surface area contributed by atoms with Gasteiger partial charge >= 0.3 is 0 Å². The molecule has 3 aromatic rings. The van der Waals surface area contributed by atoms with E-state index in [9.17, 15) is 9.59 Å². The zero-order chi connectivity index (χ0) is 24.9. The van der Waals surface area contributed by atoms with Crippen LogP contribution < -0.4 is 14.4 Å². The van der Waals surface area contributed by atoms with Gasteiger partial charge in [-0.15, -0.1) is 0 Å². The van der Waals surface area contributed by atoms with Crippen LogP contribution in [0.5, 0.6) is 11.5 Å². The van der Waals surface area contributed by atoms with E-state index in [4.69, 9.17) is 9.47 Å². The highest BCUT2D eigenvalue weighted by Gasteiger charge is 2.34. The molecule has 1 fully saturated rings. The van der Waals surface area contributed by atoms with Gasteiger partial charge in [0.1, 0.15) is 18.1 Å². The van der Waals surface area contributed by atoms with Crippen LogP contribution in [0.1, 0.15) is 36.0 Å². The van der Waals surface area contributed by atoms with E-state index < -0.39 is 0 Å². The van der Waals surface area contributed by atoms with Gasteiger partial charge in [-0.3, -0.25) is 9.59 Å². The fourth-order valence-corrected chi connectivity index (χ4v) is 4.60. The second-order valence-electron chi connectivity index (χ2n) is 9.49. The van der Waals surface area contributed by atoms with Crippen LogP contribution in [0.2, 0.25) is 0 Å². The van der Waals surface area contributed by atoms with Crippen molar-refractivity contribution >= 4 is 17.5 Å². The van der Waals surface area contributed by atoms with Gasteiger partial charge in [0, 0.05) is 30.1 Å². The Kier molecular flexibility index (Phi) is 7.21. The number of anilines is 1. The average Bonchev–Trinajstić information content (AvgIpc) is 3.78. The molecule has 0 saturated heterocycles. The maximum atomic E-state index is 13.1. The Morgan fingerprint density at radius 2 is 1.75 bits per heavy atom. The third-order valence-corrected chi connectivity index (χ3v) is 6.85. The van der Waals surface area contributed by atoms with Crippen LogP contribution in [-0.2, 0) is 29.1 Å². The van der Waals surface area contributed by atoms with Crippen molar-refractivity contribution in [2.45, 2.75) is 38.8 Å². The molecule has 0 unspecified atom stereocenters. The maximum absolute atomic E-state index is 13.1. The highest BCUT2D eigenvalue weighted by atomic mass is 16.5. The van der Waals surface area contributed by atoms with Crippen LogP contribution in [0.15, 0.2) is 72.8 Å². The van der Waals surface area contributed by atoms with E-state index in [1.54, 1.807) is 7.11 Å². The molecule has 1 heterocycles. The Labute approximate surface area is 212 Å². The number of nitrogens with zero attached hydrogens (tertiary/aromatic N) is 2. The first-order valence-corrected chi connectivity index (χ1v) is 12.6. The summed E-state index contributed by atoms with van der Waals surface area (Å²) in [4.78, 5) is 29.9. The molecule has 2 aliphatic rings. The number of hydrogen-bond acceptors (Lipinski definition) is 4. The zero-order valence-electron chi connectivity index (χ0n) is 20.7. The molecule has 36 heavy (non-hydrogen) atoms. The summed E-state index contributed by atoms with van der Waals surface area (Å²) in [6.07, 6.45) is 3.06. The normalized spacial score (nSPS) is 14.9. The fraction of sp³-hybridized carbons (Fsp3) is 0.333. The molecule has 0 spiro atoms. The van der Waals surface area contributed by atoms with Crippen molar-refractivity contribution in [3.63, 3.8) is 0 Å². The summed E-state index contributed by atoms with van der Waals surface area (Å²) in [5, 5.41) is 0. The van der Waals surface area contributed by atoms with Crippen LogP contribution in [-0.4, -0.2) is 37.0 Å². The summed E-state index contributed by atoms with van der Waals surface area (Å²) in [6, 6.07) is 23.8. The van der Waals surface area contributed by atoms with E-state index in [2.05, 4.69) is 6.07 Å². The first-order chi connectivity index (χ1) is 17.6. The fourth-order valence-electron chi connectivity index (χ4n) is 4.60. The van der Waals surface area contributed by atoms with Gasteiger partial charge < -0.3 is 19.3 Å². The van der Waals surface area contributed by atoms with Crippen molar-refractivity contribution in [1.29, 1.82) is 0 Å². The minimum Gasteiger partial charge on any atom is -0.497 e. The minimum absolute atomic E-state index is 0.113. The predicted molar refractivity (Wildman–Crippen MR) is 139 cm³/mol. The predicted octanol–water partition coefficient (Wildman–Crippen LogP) is 4.99. The third-order valence-electron chi connectivity index (χ3n) is 6.85. The second-order valence-corrected chi connectivity index (χ2v) is 9.49. The molecule has 0 N–H and O–H groups in total. The minimum atomic E-state index is 0.113. The van der Waals surface area contributed by atoms with Crippen molar-refractivity contribution in [3.05, 3.63) is 89.5 Å². The molecule has 6 heteroatoms. The van der Waals surface area contributed by atoms with Gasteiger partial charge in [-0.25, -0.2) is 0 Å². The maximum Gasteiger partial charge on any atom is 0.230 e. The Bertz CT molecular complexity index is 1210. The quantitative estimate of drug-likeness (QED) is 0.452. The number of para-hydroxylation sites is 1. The lowest BCUT2D eigenvalue weighted by atomic mass is 10.1. The van der Waals surface area contributed by atoms with E-state index in [0.717, 1.165) is 46.7 Å². The summed E-state index contributed by atoms with van der Waals surface area (Å²) < 4.78 is 11.2. The zero-order valence-corrected chi connectivity index (χ0v) is 20.7. The summed E-state index contributed by atoms with van der Waals surface area (Å²) in [5.74, 6) is 2.05. The highest BCUT2D eigenvalue weighted by Crippen LogP contribution is 2.34. The number of amides is 2. The number of carbonyl (C=O) groups excluding carboxylic acids is 2. The van der Waals surface area contributed by atoms with Gasteiger partial charge in [0.25, 0.3) is 0 Å². The SMILES string of the molecule is COc1ccc(CCC(=O)N2CCOc3ccc(CN(C(=O)C4CC4)c4ccccc4)cc3C2)cc1. The van der Waals surface area contributed by atoms with Gasteiger partial charge in [0.2, 0.25) is 11.8 Å². The number of aryl methyl sites for hydroxylation is 1. The number of rotatable bonds is 8. The van der Waals surface area contributed by atoms with Crippen LogP contribution >= 0.6 is 0 Å².